The average molecular weight is 362 g/mol. The summed E-state index contributed by atoms with van der Waals surface area (Å²) in [7, 11) is 0. The van der Waals surface area contributed by atoms with Crippen molar-refractivity contribution < 1.29 is 4.79 Å². The van der Waals surface area contributed by atoms with E-state index in [0.29, 0.717) is 16.3 Å². The van der Waals surface area contributed by atoms with Crippen LogP contribution in [0.4, 0.5) is 5.69 Å². The predicted octanol–water partition coefficient (Wildman–Crippen LogP) is 3.23. The molecule has 0 unspecified atom stereocenters. The number of hydrogen-bond donors (Lipinski definition) is 2. The summed E-state index contributed by atoms with van der Waals surface area (Å²) < 4.78 is 1.02. The summed E-state index contributed by atoms with van der Waals surface area (Å²) >= 11 is 8.19. The molecule has 2 N–H and O–H groups in total. The van der Waals surface area contributed by atoms with Crippen molar-refractivity contribution in [1.82, 2.24) is 10.2 Å². The van der Waals surface area contributed by atoms with Crippen molar-refractivity contribution in [1.29, 1.82) is 0 Å². The van der Waals surface area contributed by atoms with Crippen LogP contribution in [0.15, 0.2) is 24.4 Å². The van der Waals surface area contributed by atoms with Gasteiger partial charge in [0.05, 0.1) is 22.5 Å². The molecule has 0 bridgehead atoms. The van der Waals surface area contributed by atoms with Crippen molar-refractivity contribution in [3.05, 3.63) is 44.2 Å². The van der Waals surface area contributed by atoms with Gasteiger partial charge in [0.1, 0.15) is 0 Å². The van der Waals surface area contributed by atoms with E-state index in [0.717, 1.165) is 9.26 Å². The lowest BCUT2D eigenvalue weighted by Crippen LogP contribution is -2.12. The number of benzene rings is 1. The van der Waals surface area contributed by atoms with Gasteiger partial charge in [-0.2, -0.15) is 5.10 Å². The lowest BCUT2D eigenvalue weighted by Gasteiger charge is -2.06. The minimum absolute atomic E-state index is 0.223. The van der Waals surface area contributed by atoms with E-state index in [4.69, 9.17) is 11.6 Å². The number of anilines is 1. The first kappa shape index (κ1) is 12.4. The number of amides is 1. The molecule has 1 heterocycles. The number of nitrogens with one attached hydrogen (secondary N) is 2. The molecule has 2 aromatic rings. The van der Waals surface area contributed by atoms with Crippen LogP contribution in [0.5, 0.6) is 0 Å². The smallest absolute Gasteiger partial charge is 0.259 e. The van der Waals surface area contributed by atoms with E-state index in [1.807, 2.05) is 6.07 Å². The first-order valence-electron chi connectivity index (χ1n) is 4.84. The van der Waals surface area contributed by atoms with E-state index < -0.39 is 0 Å². The highest BCUT2D eigenvalue weighted by atomic mass is 127. The van der Waals surface area contributed by atoms with E-state index in [2.05, 4.69) is 38.1 Å². The fraction of sp³-hybridized carbons (Fsp3) is 0.0909. The van der Waals surface area contributed by atoms with E-state index in [1.165, 1.54) is 6.20 Å². The monoisotopic (exact) mass is 361 g/mol. The van der Waals surface area contributed by atoms with Gasteiger partial charge >= 0.3 is 0 Å². The molecule has 0 atom stereocenters. The fourth-order valence-electron chi connectivity index (χ4n) is 1.36. The first-order chi connectivity index (χ1) is 8.08. The summed E-state index contributed by atoms with van der Waals surface area (Å²) in [5, 5.41) is 9.78. The Kier molecular flexibility index (Phi) is 3.68. The maximum atomic E-state index is 11.9. The number of nitrogens with zero attached hydrogens (tertiary/aromatic N) is 1. The molecule has 0 radical (unpaired) electrons. The van der Waals surface area contributed by atoms with Crippen molar-refractivity contribution in [3.63, 3.8) is 0 Å². The second-order valence-electron chi connectivity index (χ2n) is 3.49. The van der Waals surface area contributed by atoms with Crippen molar-refractivity contribution in [2.75, 3.05) is 5.32 Å². The van der Waals surface area contributed by atoms with Gasteiger partial charge in [0.2, 0.25) is 0 Å². The Balaban J connectivity index is 2.22. The Labute approximate surface area is 117 Å². The van der Waals surface area contributed by atoms with Gasteiger partial charge in [-0.3, -0.25) is 9.89 Å². The summed E-state index contributed by atoms with van der Waals surface area (Å²) in [5.74, 6) is -0.223. The number of hydrogen-bond acceptors (Lipinski definition) is 2. The van der Waals surface area contributed by atoms with E-state index in [9.17, 15) is 4.79 Å². The molecule has 17 heavy (non-hydrogen) atoms. The largest absolute Gasteiger partial charge is 0.321 e. The molecule has 0 aliphatic rings. The van der Waals surface area contributed by atoms with Crippen LogP contribution in [0.3, 0.4) is 0 Å². The number of carbonyl (C=O) groups is 1. The van der Waals surface area contributed by atoms with E-state index in [-0.39, 0.29) is 5.91 Å². The molecule has 0 spiro atoms. The fourth-order valence-corrected chi connectivity index (χ4v) is 2.26. The van der Waals surface area contributed by atoms with Gasteiger partial charge in [-0.25, -0.2) is 0 Å². The van der Waals surface area contributed by atoms with Gasteiger partial charge in [0, 0.05) is 9.26 Å². The summed E-state index contributed by atoms with van der Waals surface area (Å²) in [5.41, 5.74) is 1.83. The molecule has 0 aliphatic carbocycles. The number of H-pyrrole nitrogens is 1. The van der Waals surface area contributed by atoms with Crippen molar-refractivity contribution in [3.8, 4) is 0 Å². The number of carbonyl (C=O) groups excluding carboxylic acids is 1. The maximum Gasteiger partial charge on any atom is 0.259 e. The zero-order valence-electron chi connectivity index (χ0n) is 8.92. The zero-order valence-corrected chi connectivity index (χ0v) is 11.8. The topological polar surface area (TPSA) is 57.8 Å². The second-order valence-corrected chi connectivity index (χ2v) is 5.14. The lowest BCUT2D eigenvalue weighted by atomic mass is 10.2. The molecule has 0 fully saturated rings. The number of aromatic nitrogens is 2. The highest BCUT2D eigenvalue weighted by Gasteiger charge is 2.12. The molecule has 0 aliphatic heterocycles. The summed E-state index contributed by atoms with van der Waals surface area (Å²) in [4.78, 5) is 11.9. The van der Waals surface area contributed by atoms with Crippen LogP contribution in [0, 0.1) is 10.5 Å². The SMILES string of the molecule is Cc1[nH]ncc1C(=O)Nc1ccc(I)cc1Cl. The van der Waals surface area contributed by atoms with Crippen molar-refractivity contribution in [2.24, 2.45) is 0 Å². The third kappa shape index (κ3) is 2.78. The Morgan fingerprint density at radius 1 is 1.53 bits per heavy atom. The maximum absolute atomic E-state index is 11.9. The van der Waals surface area contributed by atoms with Crippen LogP contribution >= 0.6 is 34.2 Å². The second kappa shape index (κ2) is 5.05. The van der Waals surface area contributed by atoms with Crippen molar-refractivity contribution >= 4 is 45.8 Å². The van der Waals surface area contributed by atoms with Gasteiger partial charge in [0.15, 0.2) is 0 Å². The number of halogens is 2. The Morgan fingerprint density at radius 2 is 2.29 bits per heavy atom. The van der Waals surface area contributed by atoms with Crippen molar-refractivity contribution in [2.45, 2.75) is 6.92 Å². The minimum Gasteiger partial charge on any atom is -0.321 e. The Hall–Kier alpha value is -1.08. The lowest BCUT2D eigenvalue weighted by molar-refractivity contribution is 0.102. The molecule has 4 nitrogen and oxygen atoms in total. The van der Waals surface area contributed by atoms with Gasteiger partial charge in [-0.1, -0.05) is 11.6 Å². The van der Waals surface area contributed by atoms with Gasteiger partial charge < -0.3 is 5.32 Å². The molecular weight excluding hydrogens is 352 g/mol. The van der Waals surface area contributed by atoms with E-state index >= 15 is 0 Å². The molecule has 6 heteroatoms. The average Bonchev–Trinajstić information content (AvgIpc) is 2.68. The van der Waals surface area contributed by atoms with Gasteiger partial charge in [-0.15, -0.1) is 0 Å². The molecule has 1 amide bonds. The number of aromatic amines is 1. The molecule has 1 aromatic carbocycles. The highest BCUT2D eigenvalue weighted by molar-refractivity contribution is 14.1. The van der Waals surface area contributed by atoms with Gasteiger partial charge in [0.25, 0.3) is 5.91 Å². The standard InChI is InChI=1S/C11H9ClIN3O/c1-6-8(5-14-16-6)11(17)15-10-3-2-7(13)4-9(10)12/h2-5H,1H3,(H,14,16)(H,15,17). The number of aryl methyl sites for hydroxylation is 1. The summed E-state index contributed by atoms with van der Waals surface area (Å²) in [6.07, 6.45) is 1.49. The van der Waals surface area contributed by atoms with Crippen LogP contribution in [0.2, 0.25) is 5.02 Å². The van der Waals surface area contributed by atoms with Gasteiger partial charge in [-0.05, 0) is 47.7 Å². The summed E-state index contributed by atoms with van der Waals surface area (Å²) in [6, 6.07) is 5.45. The minimum atomic E-state index is -0.223. The Bertz CT molecular complexity index is 568. The third-order valence-electron chi connectivity index (χ3n) is 2.25. The third-order valence-corrected chi connectivity index (χ3v) is 3.24. The summed E-state index contributed by atoms with van der Waals surface area (Å²) in [6.45, 7) is 1.79. The molecule has 0 saturated carbocycles. The van der Waals surface area contributed by atoms with E-state index in [1.54, 1.807) is 19.1 Å². The molecule has 1 aromatic heterocycles. The predicted molar refractivity (Wildman–Crippen MR) is 75.4 cm³/mol. The zero-order chi connectivity index (χ0) is 12.4. The first-order valence-corrected chi connectivity index (χ1v) is 6.30. The molecular formula is C11H9ClIN3O. The Morgan fingerprint density at radius 3 is 2.88 bits per heavy atom. The van der Waals surface area contributed by atoms with Crippen LogP contribution in [-0.4, -0.2) is 16.1 Å². The van der Waals surface area contributed by atoms with Crippen LogP contribution in [0.1, 0.15) is 16.1 Å². The normalized spacial score (nSPS) is 10.3. The highest BCUT2D eigenvalue weighted by Crippen LogP contribution is 2.24. The molecule has 88 valence electrons. The van der Waals surface area contributed by atoms with Crippen LogP contribution in [0.25, 0.3) is 0 Å². The number of rotatable bonds is 2. The molecule has 0 saturated heterocycles. The quantitative estimate of drug-likeness (QED) is 0.807. The van der Waals surface area contributed by atoms with Crippen LogP contribution in [-0.2, 0) is 0 Å². The molecule has 2 rings (SSSR count). The van der Waals surface area contributed by atoms with Crippen LogP contribution < -0.4 is 5.32 Å².